The molecule has 24 heavy (non-hydrogen) atoms. The van der Waals surface area contributed by atoms with Crippen molar-refractivity contribution in [2.24, 2.45) is 0 Å². The fourth-order valence-electron chi connectivity index (χ4n) is 2.34. The van der Waals surface area contributed by atoms with Crippen LogP contribution in [0.25, 0.3) is 0 Å². The molecule has 0 fully saturated rings. The molecule has 2 aromatic rings. The van der Waals surface area contributed by atoms with Crippen LogP contribution < -0.4 is 0 Å². The molecule has 0 saturated carbocycles. The van der Waals surface area contributed by atoms with Gasteiger partial charge in [0.15, 0.2) is 6.10 Å². The number of likely N-dealkylation sites (N-methyl/N-ethyl adjacent to an activating group) is 1. The fourth-order valence-corrected chi connectivity index (χ4v) is 2.34. The first kappa shape index (κ1) is 17.7. The number of halogens is 1. The first-order chi connectivity index (χ1) is 11.3. The first-order valence-electron chi connectivity index (χ1n) is 7.43. The number of hydrogen-bond acceptors (Lipinski definition) is 5. The van der Waals surface area contributed by atoms with Crippen LogP contribution in [0.15, 0.2) is 28.8 Å². The van der Waals surface area contributed by atoms with Gasteiger partial charge in [0.05, 0.1) is 5.69 Å². The number of carbonyl (C=O) groups is 2. The number of esters is 1. The zero-order valence-corrected chi connectivity index (χ0v) is 14.0. The Balaban J connectivity index is 2.00. The van der Waals surface area contributed by atoms with Crippen molar-refractivity contribution in [1.29, 1.82) is 0 Å². The lowest BCUT2D eigenvalue weighted by molar-refractivity contribution is -0.139. The molecule has 1 amide bonds. The van der Waals surface area contributed by atoms with E-state index in [9.17, 15) is 14.0 Å². The third-order valence-electron chi connectivity index (χ3n) is 3.55. The fraction of sp³-hybridized carbons (Fsp3) is 0.353. The summed E-state index contributed by atoms with van der Waals surface area (Å²) in [5.74, 6) is -1.08. The predicted molar refractivity (Wildman–Crippen MR) is 83.7 cm³/mol. The second kappa shape index (κ2) is 7.25. The van der Waals surface area contributed by atoms with Crippen LogP contribution in [0.3, 0.4) is 0 Å². The maximum absolute atomic E-state index is 13.2. The highest BCUT2D eigenvalue weighted by Crippen LogP contribution is 2.15. The minimum Gasteiger partial charge on any atom is -0.449 e. The molecule has 2 rings (SSSR count). The summed E-state index contributed by atoms with van der Waals surface area (Å²) in [4.78, 5) is 25.8. The Kier molecular flexibility index (Phi) is 5.33. The van der Waals surface area contributed by atoms with Crippen LogP contribution in [0.5, 0.6) is 0 Å². The van der Waals surface area contributed by atoms with E-state index in [1.165, 1.54) is 24.0 Å². The Morgan fingerprint density at radius 1 is 1.38 bits per heavy atom. The standard InChI is InChI=1S/C17H19FN2O4/c1-10-15(11(2)24-19-10)17(22)23-12(3)16(21)20(4)9-13-6-5-7-14(18)8-13/h5-8,12H,9H2,1-4H3. The topological polar surface area (TPSA) is 72.6 Å². The van der Waals surface area contributed by atoms with Gasteiger partial charge in [0.1, 0.15) is 17.1 Å². The predicted octanol–water partition coefficient (Wildman–Crippen LogP) is 2.63. The van der Waals surface area contributed by atoms with Crippen molar-refractivity contribution < 1.29 is 23.2 Å². The van der Waals surface area contributed by atoms with E-state index in [1.807, 2.05) is 0 Å². The van der Waals surface area contributed by atoms with Crippen LogP contribution >= 0.6 is 0 Å². The molecule has 0 bridgehead atoms. The summed E-state index contributed by atoms with van der Waals surface area (Å²) in [5, 5.41) is 3.68. The third-order valence-corrected chi connectivity index (χ3v) is 3.55. The normalized spacial score (nSPS) is 11.9. The lowest BCUT2D eigenvalue weighted by Crippen LogP contribution is -2.37. The van der Waals surface area contributed by atoms with Gasteiger partial charge >= 0.3 is 5.97 Å². The van der Waals surface area contributed by atoms with Crippen molar-refractivity contribution in [3.05, 3.63) is 52.7 Å². The molecule has 0 aliphatic carbocycles. The second-order valence-corrected chi connectivity index (χ2v) is 5.57. The van der Waals surface area contributed by atoms with E-state index in [1.54, 1.807) is 33.0 Å². The van der Waals surface area contributed by atoms with E-state index >= 15 is 0 Å². The first-order valence-corrected chi connectivity index (χ1v) is 7.43. The van der Waals surface area contributed by atoms with E-state index in [0.717, 1.165) is 0 Å². The van der Waals surface area contributed by atoms with E-state index in [0.29, 0.717) is 17.0 Å². The maximum atomic E-state index is 13.2. The largest absolute Gasteiger partial charge is 0.449 e. The maximum Gasteiger partial charge on any atom is 0.344 e. The molecule has 0 aliphatic rings. The van der Waals surface area contributed by atoms with Gasteiger partial charge < -0.3 is 14.2 Å². The Labute approximate surface area is 139 Å². The van der Waals surface area contributed by atoms with Crippen LogP contribution in [0.1, 0.15) is 34.3 Å². The van der Waals surface area contributed by atoms with Crippen LogP contribution in [0.2, 0.25) is 0 Å². The van der Waals surface area contributed by atoms with Crippen molar-refractivity contribution in [3.8, 4) is 0 Å². The number of ether oxygens (including phenoxy) is 1. The SMILES string of the molecule is Cc1noc(C)c1C(=O)OC(C)C(=O)N(C)Cc1cccc(F)c1. The molecule has 0 spiro atoms. The van der Waals surface area contributed by atoms with Gasteiger partial charge in [-0.25, -0.2) is 9.18 Å². The zero-order valence-electron chi connectivity index (χ0n) is 14.0. The van der Waals surface area contributed by atoms with Crippen LogP contribution in [0, 0.1) is 19.7 Å². The minimum atomic E-state index is -0.982. The highest BCUT2D eigenvalue weighted by molar-refractivity contribution is 5.93. The van der Waals surface area contributed by atoms with Crippen molar-refractivity contribution in [2.75, 3.05) is 7.05 Å². The molecule has 1 aromatic heterocycles. The number of carbonyl (C=O) groups excluding carboxylic acids is 2. The number of hydrogen-bond donors (Lipinski definition) is 0. The highest BCUT2D eigenvalue weighted by atomic mass is 19.1. The molecule has 0 N–H and O–H groups in total. The number of rotatable bonds is 5. The zero-order chi connectivity index (χ0) is 17.9. The Hall–Kier alpha value is -2.70. The van der Waals surface area contributed by atoms with Crippen molar-refractivity contribution >= 4 is 11.9 Å². The van der Waals surface area contributed by atoms with Crippen molar-refractivity contribution in [3.63, 3.8) is 0 Å². The van der Waals surface area contributed by atoms with Crippen molar-refractivity contribution in [2.45, 2.75) is 33.4 Å². The molecule has 1 atom stereocenters. The molecule has 0 radical (unpaired) electrons. The molecule has 1 unspecified atom stereocenters. The lowest BCUT2D eigenvalue weighted by Gasteiger charge is -2.21. The van der Waals surface area contributed by atoms with Gasteiger partial charge in [0.25, 0.3) is 5.91 Å². The number of aromatic nitrogens is 1. The summed E-state index contributed by atoms with van der Waals surface area (Å²) < 4.78 is 23.3. The Morgan fingerprint density at radius 2 is 2.08 bits per heavy atom. The summed E-state index contributed by atoms with van der Waals surface area (Å²) in [6.07, 6.45) is -0.982. The van der Waals surface area contributed by atoms with Crippen LogP contribution in [-0.4, -0.2) is 35.1 Å². The van der Waals surface area contributed by atoms with Crippen molar-refractivity contribution in [1.82, 2.24) is 10.1 Å². The average molecular weight is 334 g/mol. The summed E-state index contributed by atoms with van der Waals surface area (Å²) >= 11 is 0. The molecule has 1 heterocycles. The molecule has 7 heteroatoms. The number of benzene rings is 1. The molecule has 0 saturated heterocycles. The van der Waals surface area contributed by atoms with Gasteiger partial charge in [-0.2, -0.15) is 0 Å². The molecular formula is C17H19FN2O4. The lowest BCUT2D eigenvalue weighted by atomic mass is 10.2. The molecule has 6 nitrogen and oxygen atoms in total. The van der Waals surface area contributed by atoms with Gasteiger partial charge in [-0.15, -0.1) is 0 Å². The van der Waals surface area contributed by atoms with Crippen LogP contribution in [-0.2, 0) is 16.1 Å². The van der Waals surface area contributed by atoms with Crippen LogP contribution in [0.4, 0.5) is 4.39 Å². The van der Waals surface area contributed by atoms with Gasteiger partial charge in [0.2, 0.25) is 0 Å². The van der Waals surface area contributed by atoms with Gasteiger partial charge in [-0.1, -0.05) is 17.3 Å². The number of nitrogens with zero attached hydrogens (tertiary/aromatic N) is 2. The summed E-state index contributed by atoms with van der Waals surface area (Å²) in [7, 11) is 1.56. The summed E-state index contributed by atoms with van der Waals surface area (Å²) in [6.45, 7) is 4.92. The molecule has 128 valence electrons. The highest BCUT2D eigenvalue weighted by Gasteiger charge is 2.26. The Bertz CT molecular complexity index is 737. The van der Waals surface area contributed by atoms with E-state index in [4.69, 9.17) is 9.26 Å². The summed E-state index contributed by atoms with van der Waals surface area (Å²) in [6, 6.07) is 5.97. The monoisotopic (exact) mass is 334 g/mol. The van der Waals surface area contributed by atoms with Gasteiger partial charge in [-0.05, 0) is 38.5 Å². The third kappa shape index (κ3) is 3.98. The quantitative estimate of drug-likeness (QED) is 0.786. The van der Waals surface area contributed by atoms with E-state index < -0.39 is 12.1 Å². The average Bonchev–Trinajstić information content (AvgIpc) is 2.85. The second-order valence-electron chi connectivity index (χ2n) is 5.57. The van der Waals surface area contributed by atoms with E-state index in [-0.39, 0.29) is 23.8 Å². The van der Waals surface area contributed by atoms with E-state index in [2.05, 4.69) is 5.16 Å². The summed E-state index contributed by atoms with van der Waals surface area (Å²) in [5.41, 5.74) is 1.28. The smallest absolute Gasteiger partial charge is 0.344 e. The minimum absolute atomic E-state index is 0.212. The molecular weight excluding hydrogens is 315 g/mol. The Morgan fingerprint density at radius 3 is 2.67 bits per heavy atom. The van der Waals surface area contributed by atoms with Gasteiger partial charge in [0, 0.05) is 13.6 Å². The number of aryl methyl sites for hydroxylation is 2. The molecule has 1 aromatic carbocycles. The molecule has 0 aliphatic heterocycles. The number of amides is 1. The van der Waals surface area contributed by atoms with Gasteiger partial charge in [-0.3, -0.25) is 4.79 Å².